The molecule has 590 valence electrons. The van der Waals surface area contributed by atoms with E-state index in [-0.39, 0.29) is 22.5 Å². The lowest BCUT2D eigenvalue weighted by Crippen LogP contribution is -2.75. The molecule has 0 saturated carbocycles. The molecule has 0 aliphatic carbocycles. The minimum atomic E-state index is -8.79. The van der Waals surface area contributed by atoms with Gasteiger partial charge in [0.05, 0.1) is 95.3 Å². The lowest BCUT2D eigenvalue weighted by molar-refractivity contribution is -0.455. The number of rotatable bonds is 29. The van der Waals surface area contributed by atoms with Crippen molar-refractivity contribution in [1.82, 2.24) is 78.2 Å². The topological polar surface area (TPSA) is 469 Å². The number of ether oxygens (including phenoxy) is 6. The van der Waals surface area contributed by atoms with E-state index in [0.29, 0.717) is 21.5 Å². The van der Waals surface area contributed by atoms with Gasteiger partial charge in [0.25, 0.3) is 11.1 Å². The van der Waals surface area contributed by atoms with E-state index in [1.165, 1.54) is 13.8 Å². The summed E-state index contributed by atoms with van der Waals surface area (Å²) in [7, 11) is 0. The van der Waals surface area contributed by atoms with Crippen molar-refractivity contribution in [3.05, 3.63) is 113 Å². The number of aliphatic hydroxyl groups excluding tert-OH is 10. The Labute approximate surface area is 577 Å². The number of hydrogen-bond acceptors (Lipinski definition) is 28. The van der Waals surface area contributed by atoms with Crippen molar-refractivity contribution in [3.8, 4) is 0 Å². The molecule has 0 amide bonds. The quantitative estimate of drug-likeness (QED) is 0.0208. The van der Waals surface area contributed by atoms with E-state index >= 15 is 0 Å². The first kappa shape index (κ1) is 80.7. The van der Waals surface area contributed by atoms with Crippen LogP contribution < -0.4 is 22.5 Å². The van der Waals surface area contributed by atoms with Crippen LogP contribution in [0.15, 0.2) is 56.4 Å². The SMILES string of the molecule is Cc1cn([C@H]2C[C@@H](O)C(Cn3cc(COCC(F)(F)C(F)(F)C(F)(F)C(F)(F)C(F)(F)C(F)(F)C(F)(F)C(F)(F)COCc4cn(CC5O[C@@H](n6cc(C)c(=O)n(Cc7cnnn7C7OC(CO)C(O)C(O)C7O)c6=O)C[C@H]5O)nn4)nn3)O2)c(=O)n(Cc2cn(C3OC(CO)C(O)C(O)C3O)nn2)c1=O. The van der Waals surface area contributed by atoms with Gasteiger partial charge >= 0.3 is 58.8 Å². The highest BCUT2D eigenvalue weighted by Gasteiger charge is 2.95. The molecule has 4 aliphatic rings. The molecule has 10 rings (SSSR count). The van der Waals surface area contributed by atoms with Crippen molar-refractivity contribution >= 4 is 0 Å². The van der Waals surface area contributed by atoms with E-state index in [0.717, 1.165) is 52.6 Å². The molecule has 36 nitrogen and oxygen atoms in total. The van der Waals surface area contributed by atoms with Gasteiger partial charge in [-0.05, 0) is 13.8 Å². The van der Waals surface area contributed by atoms with Gasteiger partial charge in [0, 0.05) is 36.4 Å². The normalized spacial score (nSPS) is 27.6. The Hall–Kier alpha value is -7.84. The minimum Gasteiger partial charge on any atom is -0.394 e. The maximum atomic E-state index is 14.9. The summed E-state index contributed by atoms with van der Waals surface area (Å²) in [5.41, 5.74) is -5.82. The number of aromatic nitrogens is 16. The second-order valence-electron chi connectivity index (χ2n) is 25.2. The summed E-state index contributed by atoms with van der Waals surface area (Å²) in [5.74, 6) is -64.5. The highest BCUT2D eigenvalue weighted by molar-refractivity contribution is 5.17. The second kappa shape index (κ2) is 29.6. The van der Waals surface area contributed by atoms with Crippen LogP contribution in [0.25, 0.3) is 0 Å². The summed E-state index contributed by atoms with van der Waals surface area (Å²) in [6, 6.07) is 0. The van der Waals surface area contributed by atoms with E-state index < -0.39 is 258 Å². The lowest BCUT2D eigenvalue weighted by Gasteiger charge is -2.43. The van der Waals surface area contributed by atoms with Gasteiger partial charge in [-0.3, -0.25) is 27.9 Å². The average Bonchev–Trinajstić information content (AvgIpc) is 1.16. The summed E-state index contributed by atoms with van der Waals surface area (Å²) in [5, 5.41) is 131. The standard InChI is InChI=1S/C54H62F16N16O20/c1-21-6-81(45(99)83(41(21)97)10-23-11-85(78-72-23)43-39(95)37(93)35(91)31(15-87)105-43)33-3-27(89)29(103-33)13-79-8-24(73-76-79)17-101-19-47(55,56)49(59,60)51(63,64)53(67,68)54(69,70)52(65,66)50(61,62)48(57,58)20-102-18-25-9-80(77-74-25)14-30-28(90)4-34(104-30)82-7-22(2)42(98)84(46(82)100)12-26-5-71-75-86(26)44-40(96)38(94)36(92)32(16-88)106-44/h5-9,11,27-40,43-44,87-96H,3-4,10,12-20H2,1-2H3/t27-,28-,29?,30?,31?,32?,33-,34-,35?,36?,37?,38?,39?,40?,43?,44?/m1/s1. The highest BCUT2D eigenvalue weighted by Crippen LogP contribution is 2.64. The van der Waals surface area contributed by atoms with Crippen LogP contribution in [0, 0.1) is 13.8 Å². The summed E-state index contributed by atoms with van der Waals surface area (Å²) >= 11 is 0. The lowest BCUT2D eigenvalue weighted by atomic mass is 9.88. The first-order valence-corrected chi connectivity index (χ1v) is 31.0. The van der Waals surface area contributed by atoms with Gasteiger partial charge < -0.3 is 79.5 Å². The molecular formula is C54H62F16N16O20. The molecular weight excluding hydrogens is 1500 g/mol. The van der Waals surface area contributed by atoms with E-state index in [4.69, 9.17) is 18.9 Å². The Kier molecular flexibility index (Phi) is 22.5. The molecule has 6 aromatic heterocycles. The third kappa shape index (κ3) is 14.4. The van der Waals surface area contributed by atoms with Crippen LogP contribution in [0.5, 0.6) is 0 Å². The minimum absolute atomic E-state index is 0.0874. The highest BCUT2D eigenvalue weighted by atomic mass is 19.4. The van der Waals surface area contributed by atoms with Crippen LogP contribution in [0.4, 0.5) is 70.2 Å². The number of aryl methyl sites for hydroxylation is 2. The van der Waals surface area contributed by atoms with Crippen LogP contribution in [-0.4, -0.2) is 276 Å². The number of alkyl halides is 16. The summed E-state index contributed by atoms with van der Waals surface area (Å²) in [6.07, 6.45) is -20.6. The molecule has 16 atom stereocenters. The Balaban J connectivity index is 0.711. The molecule has 10 heterocycles. The first-order chi connectivity index (χ1) is 49.3. The number of halogens is 16. The first-order valence-electron chi connectivity index (χ1n) is 31.0. The summed E-state index contributed by atoms with van der Waals surface area (Å²) < 4.78 is 275. The Morgan fingerprint density at radius 2 is 0.858 bits per heavy atom. The fourth-order valence-corrected chi connectivity index (χ4v) is 11.7. The molecule has 0 radical (unpaired) electrons. The number of hydrogen-bond donors (Lipinski definition) is 10. The van der Waals surface area contributed by atoms with Gasteiger partial charge in [-0.1, -0.05) is 20.9 Å². The van der Waals surface area contributed by atoms with Crippen LogP contribution in [0.1, 0.15) is 71.7 Å². The molecule has 0 spiro atoms. The molecule has 6 aromatic rings. The third-order valence-electron chi connectivity index (χ3n) is 17.7. The van der Waals surface area contributed by atoms with Crippen LogP contribution in [0.3, 0.4) is 0 Å². The van der Waals surface area contributed by atoms with Crippen molar-refractivity contribution < 1.29 is 150 Å². The van der Waals surface area contributed by atoms with Gasteiger partial charge in [-0.25, -0.2) is 28.3 Å². The monoisotopic (exact) mass is 1560 g/mol. The smallest absolute Gasteiger partial charge is 0.385 e. The molecule has 4 fully saturated rings. The van der Waals surface area contributed by atoms with Crippen molar-refractivity contribution in [2.75, 3.05) is 26.4 Å². The van der Waals surface area contributed by atoms with Crippen molar-refractivity contribution in [3.63, 3.8) is 0 Å². The molecule has 4 aliphatic heterocycles. The van der Waals surface area contributed by atoms with Crippen LogP contribution in [0.2, 0.25) is 0 Å². The Bertz CT molecular complexity index is 4350. The van der Waals surface area contributed by atoms with Gasteiger partial charge in [0.2, 0.25) is 0 Å². The second-order valence-corrected chi connectivity index (χ2v) is 25.2. The average molecular weight is 1560 g/mol. The summed E-state index contributed by atoms with van der Waals surface area (Å²) in [4.78, 5) is 54.0. The van der Waals surface area contributed by atoms with E-state index in [1.54, 1.807) is 0 Å². The molecule has 10 N–H and O–H groups in total. The summed E-state index contributed by atoms with van der Waals surface area (Å²) in [6.45, 7) is -11.1. The zero-order valence-corrected chi connectivity index (χ0v) is 53.9. The van der Waals surface area contributed by atoms with Gasteiger partial charge in [0.1, 0.15) is 104 Å². The Morgan fingerprint density at radius 1 is 0.462 bits per heavy atom. The molecule has 0 bridgehead atoms. The fourth-order valence-electron chi connectivity index (χ4n) is 11.7. The number of nitrogens with zero attached hydrogens (tertiary/aromatic N) is 16. The molecule has 12 unspecified atom stereocenters. The van der Waals surface area contributed by atoms with E-state index in [1.807, 2.05) is 0 Å². The van der Waals surface area contributed by atoms with Gasteiger partial charge in [0.15, 0.2) is 12.5 Å². The van der Waals surface area contributed by atoms with Gasteiger partial charge in [-0.15, -0.1) is 20.4 Å². The third-order valence-corrected chi connectivity index (χ3v) is 17.7. The van der Waals surface area contributed by atoms with E-state index in [2.05, 4.69) is 50.7 Å². The number of aliphatic hydroxyl groups is 10. The zero-order valence-electron chi connectivity index (χ0n) is 53.9. The largest absolute Gasteiger partial charge is 0.394 e. The Morgan fingerprint density at radius 3 is 1.29 bits per heavy atom. The van der Waals surface area contributed by atoms with Crippen molar-refractivity contribution in [1.29, 1.82) is 0 Å². The predicted octanol–water partition coefficient (Wildman–Crippen LogP) is -3.13. The molecule has 4 saturated heterocycles. The predicted molar refractivity (Wildman–Crippen MR) is 304 cm³/mol. The maximum Gasteiger partial charge on any atom is 0.385 e. The van der Waals surface area contributed by atoms with Crippen LogP contribution >= 0.6 is 0 Å². The van der Waals surface area contributed by atoms with Crippen molar-refractivity contribution in [2.45, 2.75) is 212 Å². The molecule has 0 aromatic carbocycles. The van der Waals surface area contributed by atoms with E-state index in [9.17, 15) is 140 Å². The fraction of sp³-hybridized carbons (Fsp3) is 0.704. The zero-order chi connectivity index (χ0) is 78.3. The van der Waals surface area contributed by atoms with Crippen LogP contribution in [-0.2, 0) is 67.8 Å². The van der Waals surface area contributed by atoms with Crippen molar-refractivity contribution in [2.24, 2.45) is 0 Å². The maximum absolute atomic E-state index is 14.9. The molecule has 106 heavy (non-hydrogen) atoms. The van der Waals surface area contributed by atoms with Gasteiger partial charge in [-0.2, -0.15) is 70.2 Å². The molecule has 52 heteroatoms.